The smallest absolute Gasteiger partial charge is 0.411 e. The van der Waals surface area contributed by atoms with Gasteiger partial charge in [-0.05, 0) is 23.3 Å². The molecule has 1 aliphatic rings. The van der Waals surface area contributed by atoms with Gasteiger partial charge in [0.25, 0.3) is 5.91 Å². The Morgan fingerprint density at radius 2 is 1.74 bits per heavy atom. The van der Waals surface area contributed by atoms with E-state index < -0.39 is 18.9 Å². The lowest BCUT2D eigenvalue weighted by Gasteiger charge is -2.25. The van der Waals surface area contributed by atoms with Crippen LogP contribution in [0.5, 0.6) is 11.5 Å². The van der Waals surface area contributed by atoms with Crippen LogP contribution in [0.4, 0.5) is 13.2 Å². The molecule has 8 heteroatoms. The molecule has 1 amide bonds. The van der Waals surface area contributed by atoms with Crippen LogP contribution in [-0.2, 0) is 22.7 Å². The predicted octanol–water partition coefficient (Wildman–Crippen LogP) is 3.22. The van der Waals surface area contributed by atoms with Gasteiger partial charge in [-0.1, -0.05) is 36.4 Å². The first-order valence-corrected chi connectivity index (χ1v) is 8.29. The van der Waals surface area contributed by atoms with Gasteiger partial charge >= 0.3 is 6.18 Å². The highest BCUT2D eigenvalue weighted by Crippen LogP contribution is 2.30. The Bertz CT molecular complexity index is 777. The highest BCUT2D eigenvalue weighted by molar-refractivity contribution is 5.81. The van der Waals surface area contributed by atoms with E-state index in [1.54, 1.807) is 42.5 Å². The van der Waals surface area contributed by atoms with Crippen LogP contribution in [0.2, 0.25) is 0 Å². The Morgan fingerprint density at radius 3 is 2.44 bits per heavy atom. The highest BCUT2D eigenvalue weighted by Gasteiger charge is 2.28. The fourth-order valence-electron chi connectivity index (χ4n) is 2.49. The summed E-state index contributed by atoms with van der Waals surface area (Å²) in [5.74, 6) is 0.819. The van der Waals surface area contributed by atoms with Crippen LogP contribution in [0.25, 0.3) is 0 Å². The summed E-state index contributed by atoms with van der Waals surface area (Å²) in [4.78, 5) is 12.2. The number of nitrogens with one attached hydrogen (secondary N) is 1. The second-order valence-corrected chi connectivity index (χ2v) is 6.01. The second kappa shape index (κ2) is 8.30. The molecule has 0 fully saturated rings. The number of ether oxygens (including phenoxy) is 3. The molecule has 1 aliphatic heterocycles. The third-order valence-corrected chi connectivity index (χ3v) is 3.83. The van der Waals surface area contributed by atoms with Gasteiger partial charge in [-0.3, -0.25) is 4.79 Å². The maximum absolute atomic E-state index is 12.2. The Hall–Kier alpha value is -2.74. The van der Waals surface area contributed by atoms with Crippen molar-refractivity contribution >= 4 is 5.91 Å². The Morgan fingerprint density at radius 1 is 1.07 bits per heavy atom. The molecular weight excluding hydrogens is 363 g/mol. The predicted molar refractivity (Wildman–Crippen MR) is 90.4 cm³/mol. The number of hydrogen-bond donors (Lipinski definition) is 1. The molecule has 144 valence electrons. The van der Waals surface area contributed by atoms with E-state index in [1.165, 1.54) is 0 Å². The molecule has 0 radical (unpaired) electrons. The average molecular weight is 381 g/mol. The van der Waals surface area contributed by atoms with Gasteiger partial charge in [0, 0.05) is 6.54 Å². The van der Waals surface area contributed by atoms with Gasteiger partial charge in [-0.15, -0.1) is 0 Å². The number of hydrogen-bond acceptors (Lipinski definition) is 4. The van der Waals surface area contributed by atoms with Crippen molar-refractivity contribution in [3.63, 3.8) is 0 Å². The molecule has 1 N–H and O–H groups in total. The van der Waals surface area contributed by atoms with Crippen LogP contribution in [0.15, 0.2) is 48.5 Å². The number of carbonyl (C=O) groups excluding carboxylic acids is 1. The SMILES string of the molecule is O=C(NCc1ccc(COCC(F)(F)F)cc1)C1COc2ccccc2O1. The molecular formula is C19H18F3NO4. The highest BCUT2D eigenvalue weighted by atomic mass is 19.4. The van der Waals surface area contributed by atoms with Crippen molar-refractivity contribution in [2.24, 2.45) is 0 Å². The molecule has 5 nitrogen and oxygen atoms in total. The van der Waals surface area contributed by atoms with Crippen molar-refractivity contribution < 1.29 is 32.2 Å². The van der Waals surface area contributed by atoms with Crippen LogP contribution >= 0.6 is 0 Å². The van der Waals surface area contributed by atoms with Crippen LogP contribution in [0.1, 0.15) is 11.1 Å². The molecule has 27 heavy (non-hydrogen) atoms. The number of halogens is 3. The van der Waals surface area contributed by atoms with E-state index >= 15 is 0 Å². The first kappa shape index (κ1) is 19.0. The van der Waals surface area contributed by atoms with Crippen molar-refractivity contribution in [2.45, 2.75) is 25.4 Å². The van der Waals surface area contributed by atoms with Crippen molar-refractivity contribution in [1.29, 1.82) is 0 Å². The average Bonchev–Trinajstić information content (AvgIpc) is 2.65. The van der Waals surface area contributed by atoms with E-state index in [4.69, 9.17) is 9.47 Å². The molecule has 1 unspecified atom stereocenters. The number of carbonyl (C=O) groups is 1. The number of para-hydroxylation sites is 2. The fourth-order valence-corrected chi connectivity index (χ4v) is 2.49. The molecule has 0 bridgehead atoms. The lowest BCUT2D eigenvalue weighted by molar-refractivity contribution is -0.176. The molecule has 2 aromatic carbocycles. The van der Waals surface area contributed by atoms with Gasteiger partial charge in [-0.25, -0.2) is 0 Å². The molecule has 0 aliphatic carbocycles. The molecule has 2 aromatic rings. The molecule has 1 heterocycles. The quantitative estimate of drug-likeness (QED) is 0.835. The minimum atomic E-state index is -4.34. The normalized spacial score (nSPS) is 16.0. The van der Waals surface area contributed by atoms with E-state index in [0.29, 0.717) is 17.1 Å². The van der Waals surface area contributed by atoms with Gasteiger partial charge in [0.15, 0.2) is 11.5 Å². The van der Waals surface area contributed by atoms with Crippen LogP contribution in [0, 0.1) is 0 Å². The summed E-state index contributed by atoms with van der Waals surface area (Å²) in [5, 5.41) is 2.76. The van der Waals surface area contributed by atoms with E-state index in [0.717, 1.165) is 5.56 Å². The van der Waals surface area contributed by atoms with Gasteiger partial charge in [0.05, 0.1) is 6.61 Å². The number of rotatable bonds is 6. The van der Waals surface area contributed by atoms with Crippen molar-refractivity contribution in [3.8, 4) is 11.5 Å². The topological polar surface area (TPSA) is 56.8 Å². The van der Waals surface area contributed by atoms with Crippen molar-refractivity contribution in [1.82, 2.24) is 5.32 Å². The number of benzene rings is 2. The van der Waals surface area contributed by atoms with Gasteiger partial charge < -0.3 is 19.5 Å². The summed E-state index contributed by atoms with van der Waals surface area (Å²) >= 11 is 0. The zero-order valence-electron chi connectivity index (χ0n) is 14.3. The van der Waals surface area contributed by atoms with Gasteiger partial charge in [0.2, 0.25) is 6.10 Å². The molecule has 0 aromatic heterocycles. The van der Waals surface area contributed by atoms with Crippen molar-refractivity contribution in [3.05, 3.63) is 59.7 Å². The minimum Gasteiger partial charge on any atom is -0.485 e. The third-order valence-electron chi connectivity index (χ3n) is 3.83. The summed E-state index contributed by atoms with van der Waals surface area (Å²) in [7, 11) is 0. The zero-order valence-corrected chi connectivity index (χ0v) is 14.3. The van der Waals surface area contributed by atoms with Gasteiger partial charge in [0.1, 0.15) is 13.2 Å². The Balaban J connectivity index is 1.45. The number of fused-ring (bicyclic) bond motifs is 1. The molecule has 0 saturated heterocycles. The first-order chi connectivity index (χ1) is 12.9. The van der Waals surface area contributed by atoms with E-state index in [1.807, 2.05) is 6.07 Å². The third kappa shape index (κ3) is 5.62. The van der Waals surface area contributed by atoms with Crippen molar-refractivity contribution in [2.75, 3.05) is 13.2 Å². The summed E-state index contributed by atoms with van der Waals surface area (Å²) in [6.45, 7) is -1.02. The lowest BCUT2D eigenvalue weighted by atomic mass is 10.1. The fraction of sp³-hybridized carbons (Fsp3) is 0.316. The van der Waals surface area contributed by atoms with Crippen LogP contribution < -0.4 is 14.8 Å². The molecule has 0 spiro atoms. The number of alkyl halides is 3. The maximum atomic E-state index is 12.2. The Labute approximate surface area is 154 Å². The van der Waals surface area contributed by atoms with Gasteiger partial charge in [-0.2, -0.15) is 13.2 Å². The molecule has 0 saturated carbocycles. The molecule has 1 atom stereocenters. The summed E-state index contributed by atoms with van der Waals surface area (Å²) in [6, 6.07) is 13.9. The first-order valence-electron chi connectivity index (χ1n) is 8.29. The standard InChI is InChI=1S/C19H18F3NO4/c20-19(21,22)12-25-10-14-7-5-13(6-8-14)9-23-18(24)17-11-26-15-3-1-2-4-16(15)27-17/h1-8,17H,9-12H2,(H,23,24). The monoisotopic (exact) mass is 381 g/mol. The summed E-state index contributed by atoms with van der Waals surface area (Å²) in [5.41, 5.74) is 1.43. The Kier molecular flexibility index (Phi) is 5.85. The largest absolute Gasteiger partial charge is 0.485 e. The minimum absolute atomic E-state index is 0.123. The van der Waals surface area contributed by atoms with E-state index in [-0.39, 0.29) is 25.7 Å². The zero-order chi connectivity index (χ0) is 19.3. The van der Waals surface area contributed by atoms with E-state index in [2.05, 4.69) is 10.1 Å². The molecule has 3 rings (SSSR count). The van der Waals surface area contributed by atoms with Crippen LogP contribution in [-0.4, -0.2) is 31.4 Å². The summed E-state index contributed by atoms with van der Waals surface area (Å²) in [6.07, 6.45) is -5.08. The second-order valence-electron chi connectivity index (χ2n) is 6.01. The number of amides is 1. The summed E-state index contributed by atoms with van der Waals surface area (Å²) < 4.78 is 51.9. The maximum Gasteiger partial charge on any atom is 0.411 e. The van der Waals surface area contributed by atoms with Crippen LogP contribution in [0.3, 0.4) is 0 Å². The van der Waals surface area contributed by atoms with E-state index in [9.17, 15) is 18.0 Å². The lowest BCUT2D eigenvalue weighted by Crippen LogP contribution is -2.43.